The van der Waals surface area contributed by atoms with Crippen LogP contribution in [0, 0.1) is 0 Å². The number of aromatic nitrogens is 2. The third kappa shape index (κ3) is 3.26. The number of imidazole rings is 1. The van der Waals surface area contributed by atoms with Gasteiger partial charge in [-0.15, -0.1) is 0 Å². The van der Waals surface area contributed by atoms with Gasteiger partial charge in [0.1, 0.15) is 5.82 Å². The van der Waals surface area contributed by atoms with Crippen LogP contribution in [0.15, 0.2) is 60.7 Å². The van der Waals surface area contributed by atoms with Gasteiger partial charge < -0.3 is 10.7 Å². The number of benzene rings is 2. The molecule has 1 heterocycles. The van der Waals surface area contributed by atoms with E-state index in [9.17, 15) is 0 Å². The zero-order valence-corrected chi connectivity index (χ0v) is 12.6. The molecule has 0 saturated carbocycles. The van der Waals surface area contributed by atoms with E-state index in [2.05, 4.69) is 41.4 Å². The fourth-order valence-corrected chi connectivity index (χ4v) is 2.60. The fraction of sp³-hybridized carbons (Fsp3) is 0.211. The van der Waals surface area contributed by atoms with Gasteiger partial charge in [-0.2, -0.15) is 0 Å². The highest BCUT2D eigenvalue weighted by molar-refractivity contribution is 5.78. The van der Waals surface area contributed by atoms with Gasteiger partial charge in [-0.25, -0.2) is 4.98 Å². The molecule has 0 aliphatic rings. The van der Waals surface area contributed by atoms with Crippen LogP contribution in [0.4, 0.5) is 0 Å². The van der Waals surface area contributed by atoms with E-state index in [1.807, 2.05) is 24.3 Å². The van der Waals surface area contributed by atoms with Crippen molar-refractivity contribution in [3.05, 3.63) is 66.5 Å². The van der Waals surface area contributed by atoms with Crippen LogP contribution in [0.3, 0.4) is 0 Å². The summed E-state index contributed by atoms with van der Waals surface area (Å²) >= 11 is 0. The summed E-state index contributed by atoms with van der Waals surface area (Å²) in [6.45, 7) is 0.734. The van der Waals surface area contributed by atoms with Gasteiger partial charge in [-0.3, -0.25) is 0 Å². The van der Waals surface area contributed by atoms with Crippen LogP contribution in [0.2, 0.25) is 0 Å². The second kappa shape index (κ2) is 7.05. The first-order valence-electron chi connectivity index (χ1n) is 7.78. The number of nitrogens with two attached hydrogens (primary N) is 1. The van der Waals surface area contributed by atoms with Crippen molar-refractivity contribution < 1.29 is 0 Å². The molecule has 3 rings (SSSR count). The molecule has 0 aliphatic heterocycles. The summed E-state index contributed by atoms with van der Waals surface area (Å²) in [5, 5.41) is 0. The first kappa shape index (κ1) is 14.5. The Labute approximate surface area is 131 Å². The van der Waals surface area contributed by atoms with E-state index in [4.69, 9.17) is 10.7 Å². The zero-order valence-electron chi connectivity index (χ0n) is 12.6. The highest BCUT2D eigenvalue weighted by Crippen LogP contribution is 2.30. The summed E-state index contributed by atoms with van der Waals surface area (Å²) in [5.41, 5.74) is 10.0. The number of nitrogens with one attached hydrogen (secondary N) is 1. The molecule has 0 unspecified atom stereocenters. The average Bonchev–Trinajstić information content (AvgIpc) is 3.01. The normalized spacial score (nSPS) is 10.8. The van der Waals surface area contributed by atoms with Gasteiger partial charge in [0.15, 0.2) is 0 Å². The van der Waals surface area contributed by atoms with Crippen molar-refractivity contribution in [2.45, 2.75) is 19.3 Å². The van der Waals surface area contributed by atoms with Crippen LogP contribution in [0.25, 0.3) is 22.5 Å². The molecule has 0 amide bonds. The lowest BCUT2D eigenvalue weighted by Gasteiger charge is -2.02. The molecule has 3 nitrogen and oxygen atoms in total. The molecule has 2 aromatic carbocycles. The molecule has 112 valence electrons. The van der Waals surface area contributed by atoms with Gasteiger partial charge in [0.25, 0.3) is 0 Å². The predicted molar refractivity (Wildman–Crippen MR) is 91.5 cm³/mol. The van der Waals surface area contributed by atoms with Gasteiger partial charge in [0.2, 0.25) is 0 Å². The van der Waals surface area contributed by atoms with Crippen LogP contribution < -0.4 is 5.73 Å². The fourth-order valence-electron chi connectivity index (χ4n) is 2.60. The van der Waals surface area contributed by atoms with E-state index >= 15 is 0 Å². The Morgan fingerprint density at radius 3 is 2.09 bits per heavy atom. The minimum absolute atomic E-state index is 0.734. The number of aryl methyl sites for hydroxylation is 1. The maximum atomic E-state index is 5.58. The van der Waals surface area contributed by atoms with Gasteiger partial charge in [0, 0.05) is 17.5 Å². The predicted octanol–water partition coefficient (Wildman–Crippen LogP) is 4.03. The molecule has 0 bridgehead atoms. The first-order chi connectivity index (χ1) is 10.9. The Morgan fingerprint density at radius 2 is 1.45 bits per heavy atom. The molecule has 3 N–H and O–H groups in total. The highest BCUT2D eigenvalue weighted by Gasteiger charge is 2.13. The van der Waals surface area contributed by atoms with E-state index < -0.39 is 0 Å². The number of hydrogen-bond donors (Lipinski definition) is 2. The zero-order chi connectivity index (χ0) is 15.2. The third-order valence-electron chi connectivity index (χ3n) is 3.73. The second-order valence-electron chi connectivity index (χ2n) is 5.38. The minimum atomic E-state index is 0.734. The summed E-state index contributed by atoms with van der Waals surface area (Å²) in [6.07, 6.45) is 3.03. The molecule has 0 atom stereocenters. The minimum Gasteiger partial charge on any atom is -0.341 e. The van der Waals surface area contributed by atoms with Crippen LogP contribution in [-0.4, -0.2) is 16.5 Å². The summed E-state index contributed by atoms with van der Waals surface area (Å²) in [6, 6.07) is 20.7. The molecule has 22 heavy (non-hydrogen) atoms. The van der Waals surface area contributed by atoms with Crippen molar-refractivity contribution in [2.75, 3.05) is 6.54 Å². The molecule has 0 radical (unpaired) electrons. The quantitative estimate of drug-likeness (QED) is 0.674. The number of H-pyrrole nitrogens is 1. The van der Waals surface area contributed by atoms with Crippen molar-refractivity contribution in [3.8, 4) is 22.5 Å². The van der Waals surface area contributed by atoms with Crippen molar-refractivity contribution in [3.63, 3.8) is 0 Å². The Kier molecular flexibility index (Phi) is 4.66. The molecular formula is C19H21N3. The first-order valence-corrected chi connectivity index (χ1v) is 7.78. The molecule has 3 aromatic rings. The lowest BCUT2D eigenvalue weighted by molar-refractivity contribution is 0.723. The van der Waals surface area contributed by atoms with E-state index in [0.717, 1.165) is 48.6 Å². The highest BCUT2D eigenvalue weighted by atomic mass is 14.9. The number of nitrogens with zero attached hydrogens (tertiary/aromatic N) is 1. The Hall–Kier alpha value is -2.39. The maximum absolute atomic E-state index is 5.58. The van der Waals surface area contributed by atoms with Crippen LogP contribution in [0.1, 0.15) is 18.7 Å². The van der Waals surface area contributed by atoms with E-state index in [1.54, 1.807) is 0 Å². The van der Waals surface area contributed by atoms with Crippen molar-refractivity contribution >= 4 is 0 Å². The van der Waals surface area contributed by atoms with Crippen molar-refractivity contribution in [2.24, 2.45) is 5.73 Å². The lowest BCUT2D eigenvalue weighted by atomic mass is 10.1. The summed E-state index contributed by atoms with van der Waals surface area (Å²) in [5.74, 6) is 1.03. The maximum Gasteiger partial charge on any atom is 0.107 e. The number of rotatable bonds is 6. The van der Waals surface area contributed by atoms with Crippen LogP contribution >= 0.6 is 0 Å². The van der Waals surface area contributed by atoms with Crippen molar-refractivity contribution in [1.82, 2.24) is 9.97 Å². The Morgan fingerprint density at radius 1 is 0.818 bits per heavy atom. The van der Waals surface area contributed by atoms with Gasteiger partial charge >= 0.3 is 0 Å². The number of unbranched alkanes of at least 4 members (excludes halogenated alkanes) is 1. The van der Waals surface area contributed by atoms with Gasteiger partial charge in [0.05, 0.1) is 11.4 Å². The molecule has 0 fully saturated rings. The van der Waals surface area contributed by atoms with E-state index in [0.29, 0.717) is 0 Å². The summed E-state index contributed by atoms with van der Waals surface area (Å²) in [7, 11) is 0. The standard InChI is InChI=1S/C19H21N3/c20-14-8-7-13-17-21-18(15-9-3-1-4-10-15)19(22-17)16-11-5-2-6-12-16/h1-6,9-12H,7-8,13-14,20H2,(H,21,22). The summed E-state index contributed by atoms with van der Waals surface area (Å²) in [4.78, 5) is 8.34. The van der Waals surface area contributed by atoms with Gasteiger partial charge in [-0.05, 0) is 19.4 Å². The lowest BCUT2D eigenvalue weighted by Crippen LogP contribution is -1.99. The number of aromatic amines is 1. The van der Waals surface area contributed by atoms with Gasteiger partial charge in [-0.1, -0.05) is 60.7 Å². The van der Waals surface area contributed by atoms with E-state index in [1.165, 1.54) is 5.56 Å². The molecule has 3 heteroatoms. The van der Waals surface area contributed by atoms with Crippen molar-refractivity contribution in [1.29, 1.82) is 0 Å². The monoisotopic (exact) mass is 291 g/mol. The number of hydrogen-bond acceptors (Lipinski definition) is 2. The molecular weight excluding hydrogens is 270 g/mol. The average molecular weight is 291 g/mol. The SMILES string of the molecule is NCCCCc1nc(-c2ccccc2)c(-c2ccccc2)[nH]1. The molecule has 1 aromatic heterocycles. The van der Waals surface area contributed by atoms with Crippen LogP contribution in [0.5, 0.6) is 0 Å². The van der Waals surface area contributed by atoms with Crippen LogP contribution in [-0.2, 0) is 6.42 Å². The molecule has 0 spiro atoms. The second-order valence-corrected chi connectivity index (χ2v) is 5.38. The summed E-state index contributed by atoms with van der Waals surface area (Å²) < 4.78 is 0. The third-order valence-corrected chi connectivity index (χ3v) is 3.73. The Balaban J connectivity index is 1.99. The topological polar surface area (TPSA) is 54.7 Å². The molecule has 0 aliphatic carbocycles. The van der Waals surface area contributed by atoms with E-state index in [-0.39, 0.29) is 0 Å². The largest absolute Gasteiger partial charge is 0.341 e. The Bertz CT molecular complexity index is 645. The molecule has 0 saturated heterocycles. The smallest absolute Gasteiger partial charge is 0.107 e.